The van der Waals surface area contributed by atoms with Crippen molar-refractivity contribution in [3.63, 3.8) is 0 Å². The lowest BCUT2D eigenvalue weighted by Gasteiger charge is -2.36. The smallest absolute Gasteiger partial charge is 0.358 e. The zero-order valence-corrected chi connectivity index (χ0v) is 18.0. The third-order valence-electron chi connectivity index (χ3n) is 5.31. The molecule has 1 aromatic carbocycles. The molecular weight excluding hydrogens is 406 g/mol. The fourth-order valence-electron chi connectivity index (χ4n) is 3.70. The topological polar surface area (TPSA) is 86.3 Å². The Morgan fingerprint density at radius 1 is 1.37 bits per heavy atom. The molecule has 3 aromatic rings. The number of aromatic nitrogens is 4. The summed E-state index contributed by atoms with van der Waals surface area (Å²) in [4.78, 5) is 18.9. The summed E-state index contributed by atoms with van der Waals surface area (Å²) in [6.07, 6.45) is 0.582. The molecule has 0 radical (unpaired) electrons. The van der Waals surface area contributed by atoms with Crippen molar-refractivity contribution in [2.75, 3.05) is 6.61 Å². The molecule has 3 heterocycles. The quantitative estimate of drug-likeness (QED) is 0.552. The van der Waals surface area contributed by atoms with Gasteiger partial charge >= 0.3 is 5.97 Å². The standard InChI is InChI=1S/C21H24ClN5O3/c1-4-29-21(28)18-10-17-12-26(13(2)11-27(17)24-18)14(3)20-23-19(25-30-20)9-15-5-7-16(22)8-6-15/h5-8,10,13-14H,4,9,11-12H2,1-3H3. The molecule has 2 atom stereocenters. The molecule has 30 heavy (non-hydrogen) atoms. The first-order valence-electron chi connectivity index (χ1n) is 10.0. The minimum atomic E-state index is -0.393. The average molecular weight is 430 g/mol. The first-order valence-corrected chi connectivity index (χ1v) is 10.4. The van der Waals surface area contributed by atoms with Gasteiger partial charge in [0, 0.05) is 24.0 Å². The monoisotopic (exact) mass is 429 g/mol. The van der Waals surface area contributed by atoms with E-state index < -0.39 is 5.97 Å². The van der Waals surface area contributed by atoms with Gasteiger partial charge in [-0.1, -0.05) is 28.9 Å². The highest BCUT2D eigenvalue weighted by Crippen LogP contribution is 2.28. The Hall–Kier alpha value is -2.71. The number of carbonyl (C=O) groups is 1. The van der Waals surface area contributed by atoms with Gasteiger partial charge < -0.3 is 9.26 Å². The van der Waals surface area contributed by atoms with Crippen LogP contribution >= 0.6 is 11.6 Å². The number of nitrogens with zero attached hydrogens (tertiary/aromatic N) is 5. The van der Waals surface area contributed by atoms with Gasteiger partial charge in [0.25, 0.3) is 0 Å². The molecule has 158 valence electrons. The van der Waals surface area contributed by atoms with Crippen LogP contribution in [0.2, 0.25) is 5.02 Å². The fourth-order valence-corrected chi connectivity index (χ4v) is 3.82. The van der Waals surface area contributed by atoms with Crippen molar-refractivity contribution in [2.24, 2.45) is 0 Å². The van der Waals surface area contributed by atoms with E-state index in [2.05, 4.69) is 27.1 Å². The summed E-state index contributed by atoms with van der Waals surface area (Å²) in [7, 11) is 0. The zero-order valence-electron chi connectivity index (χ0n) is 17.2. The molecule has 1 aliphatic rings. The average Bonchev–Trinajstić information content (AvgIpc) is 3.35. The molecule has 0 amide bonds. The summed E-state index contributed by atoms with van der Waals surface area (Å²) in [6.45, 7) is 7.58. The molecule has 0 spiro atoms. The molecule has 0 saturated carbocycles. The van der Waals surface area contributed by atoms with Gasteiger partial charge in [0.05, 0.1) is 24.9 Å². The SMILES string of the molecule is CCOC(=O)c1cc2n(n1)CC(C)N(C(C)c1nc(Cc3ccc(Cl)cc3)no1)C2. The highest BCUT2D eigenvalue weighted by Gasteiger charge is 2.32. The van der Waals surface area contributed by atoms with E-state index in [1.54, 1.807) is 13.0 Å². The summed E-state index contributed by atoms with van der Waals surface area (Å²) in [5.74, 6) is 0.818. The third kappa shape index (κ3) is 4.24. The van der Waals surface area contributed by atoms with Gasteiger partial charge in [0.2, 0.25) is 5.89 Å². The second kappa shape index (κ2) is 8.57. The first-order chi connectivity index (χ1) is 14.4. The molecular formula is C21H24ClN5O3. The molecule has 0 N–H and O–H groups in total. The van der Waals surface area contributed by atoms with Crippen molar-refractivity contribution in [2.45, 2.75) is 52.4 Å². The molecule has 9 heteroatoms. The lowest BCUT2D eigenvalue weighted by molar-refractivity contribution is 0.0516. The molecule has 2 unspecified atom stereocenters. The van der Waals surface area contributed by atoms with Crippen LogP contribution in [0.1, 0.15) is 60.3 Å². The van der Waals surface area contributed by atoms with E-state index in [-0.39, 0.29) is 12.1 Å². The van der Waals surface area contributed by atoms with Crippen LogP contribution in [0.3, 0.4) is 0 Å². The van der Waals surface area contributed by atoms with Crippen molar-refractivity contribution in [3.8, 4) is 0 Å². The number of carbonyl (C=O) groups excluding carboxylic acids is 1. The first kappa shape index (κ1) is 20.6. The summed E-state index contributed by atoms with van der Waals surface area (Å²) in [5, 5.41) is 9.24. The van der Waals surface area contributed by atoms with Gasteiger partial charge in [-0.2, -0.15) is 10.1 Å². The van der Waals surface area contributed by atoms with Crippen LogP contribution < -0.4 is 0 Å². The molecule has 1 aliphatic heterocycles. The minimum absolute atomic E-state index is 0.0684. The number of rotatable bonds is 6. The zero-order chi connectivity index (χ0) is 21.3. The Balaban J connectivity index is 1.47. The highest BCUT2D eigenvalue weighted by molar-refractivity contribution is 6.30. The van der Waals surface area contributed by atoms with Crippen molar-refractivity contribution < 1.29 is 14.1 Å². The lowest BCUT2D eigenvalue weighted by atomic mass is 10.1. The fraction of sp³-hybridized carbons (Fsp3) is 0.429. The highest BCUT2D eigenvalue weighted by atomic mass is 35.5. The summed E-state index contributed by atoms with van der Waals surface area (Å²) < 4.78 is 12.5. The van der Waals surface area contributed by atoms with Crippen molar-refractivity contribution in [1.29, 1.82) is 0 Å². The lowest BCUT2D eigenvalue weighted by Crippen LogP contribution is -2.42. The van der Waals surface area contributed by atoms with Gasteiger partial charge in [-0.15, -0.1) is 0 Å². The summed E-state index contributed by atoms with van der Waals surface area (Å²) >= 11 is 5.94. The number of hydrogen-bond donors (Lipinski definition) is 0. The van der Waals surface area contributed by atoms with Crippen molar-refractivity contribution >= 4 is 17.6 Å². The van der Waals surface area contributed by atoms with Crippen molar-refractivity contribution in [3.05, 3.63) is 64.0 Å². The van der Waals surface area contributed by atoms with Crippen molar-refractivity contribution in [1.82, 2.24) is 24.8 Å². The predicted molar refractivity (Wildman–Crippen MR) is 110 cm³/mol. The van der Waals surface area contributed by atoms with E-state index in [1.165, 1.54) is 0 Å². The molecule has 0 aliphatic carbocycles. The van der Waals surface area contributed by atoms with E-state index in [0.717, 1.165) is 11.3 Å². The third-order valence-corrected chi connectivity index (χ3v) is 5.56. The molecule has 0 bridgehead atoms. The normalized spacial score (nSPS) is 17.5. The molecule has 4 rings (SSSR count). The van der Waals surface area contributed by atoms with Crippen LogP contribution in [0.15, 0.2) is 34.9 Å². The Morgan fingerprint density at radius 3 is 2.87 bits per heavy atom. The molecule has 8 nitrogen and oxygen atoms in total. The van der Waals surface area contributed by atoms with Gasteiger partial charge in [-0.25, -0.2) is 4.79 Å². The van der Waals surface area contributed by atoms with E-state index in [9.17, 15) is 4.79 Å². The molecule has 0 saturated heterocycles. The summed E-state index contributed by atoms with van der Waals surface area (Å²) in [5.41, 5.74) is 2.38. The molecule has 0 fully saturated rings. The van der Waals surface area contributed by atoms with Crippen LogP contribution in [0.5, 0.6) is 0 Å². The summed E-state index contributed by atoms with van der Waals surface area (Å²) in [6, 6.07) is 9.53. The number of hydrogen-bond acceptors (Lipinski definition) is 7. The van der Waals surface area contributed by atoms with E-state index >= 15 is 0 Å². The minimum Gasteiger partial charge on any atom is -0.461 e. The predicted octanol–water partition coefficient (Wildman–Crippen LogP) is 3.65. The van der Waals surface area contributed by atoms with Gasteiger partial charge in [0.15, 0.2) is 11.5 Å². The number of fused-ring (bicyclic) bond motifs is 1. The Bertz CT molecular complexity index is 1030. The Labute approximate surface area is 179 Å². The maximum atomic E-state index is 12.0. The van der Waals surface area contributed by atoms with E-state index in [1.807, 2.05) is 35.9 Å². The van der Waals surface area contributed by atoms with Gasteiger partial charge in [-0.05, 0) is 44.5 Å². The maximum absolute atomic E-state index is 12.0. The number of benzene rings is 1. The number of halogens is 1. The van der Waals surface area contributed by atoms with E-state index in [0.29, 0.717) is 48.5 Å². The maximum Gasteiger partial charge on any atom is 0.358 e. The molecule has 2 aromatic heterocycles. The van der Waals surface area contributed by atoms with Crippen LogP contribution in [0, 0.1) is 0 Å². The Morgan fingerprint density at radius 2 is 2.13 bits per heavy atom. The number of ether oxygens (including phenoxy) is 1. The van der Waals surface area contributed by atoms with E-state index in [4.69, 9.17) is 20.9 Å². The van der Waals surface area contributed by atoms with Crippen LogP contribution in [-0.2, 0) is 24.2 Å². The van der Waals surface area contributed by atoms with Gasteiger partial charge in [0.1, 0.15) is 0 Å². The largest absolute Gasteiger partial charge is 0.461 e. The Kier molecular flexibility index (Phi) is 5.87. The van der Waals surface area contributed by atoms with Crippen LogP contribution in [0.4, 0.5) is 0 Å². The second-order valence-corrected chi connectivity index (χ2v) is 7.91. The van der Waals surface area contributed by atoms with Crippen LogP contribution in [0.25, 0.3) is 0 Å². The van der Waals surface area contributed by atoms with Crippen LogP contribution in [-0.4, -0.2) is 43.4 Å². The van der Waals surface area contributed by atoms with Gasteiger partial charge in [-0.3, -0.25) is 9.58 Å². The second-order valence-electron chi connectivity index (χ2n) is 7.47. The number of esters is 1.